The van der Waals surface area contributed by atoms with Gasteiger partial charge in [0.25, 0.3) is 0 Å². The third-order valence-electron chi connectivity index (χ3n) is 3.65. The van der Waals surface area contributed by atoms with E-state index in [0.717, 1.165) is 26.4 Å². The number of hydrogen-bond acceptors (Lipinski definition) is 3. The maximum Gasteiger partial charge on any atom is 0.173 e. The highest BCUT2D eigenvalue weighted by molar-refractivity contribution is 9.11. The lowest BCUT2D eigenvalue weighted by Crippen LogP contribution is -2.16. The Bertz CT molecular complexity index is 628. The van der Waals surface area contributed by atoms with Gasteiger partial charge in [-0.1, -0.05) is 18.2 Å². The lowest BCUT2D eigenvalue weighted by atomic mass is 9.88. The van der Waals surface area contributed by atoms with Gasteiger partial charge < -0.3 is 4.74 Å². The third kappa shape index (κ3) is 2.67. The zero-order valence-electron chi connectivity index (χ0n) is 11.2. The van der Waals surface area contributed by atoms with E-state index in [1.165, 1.54) is 16.9 Å². The molecule has 104 valence electrons. The minimum absolute atomic E-state index is 0.227. The summed E-state index contributed by atoms with van der Waals surface area (Å²) in [5, 5.41) is 0. The van der Waals surface area contributed by atoms with Crippen molar-refractivity contribution in [1.82, 2.24) is 0 Å². The van der Waals surface area contributed by atoms with Gasteiger partial charge in [0.2, 0.25) is 0 Å². The number of Topliss-reactive ketones (excluding diaryl/α,β-unsaturated/α-hetero) is 1. The molecule has 3 rings (SSSR count). The van der Waals surface area contributed by atoms with Crippen LogP contribution in [-0.2, 0) is 0 Å². The zero-order chi connectivity index (χ0) is 14.1. The zero-order valence-corrected chi connectivity index (χ0v) is 13.6. The third-order valence-corrected chi connectivity index (χ3v) is 5.82. The Hall–Kier alpha value is -1.13. The van der Waals surface area contributed by atoms with Gasteiger partial charge in [-0.3, -0.25) is 4.79 Å². The quantitative estimate of drug-likeness (QED) is 0.731. The number of para-hydroxylation sites is 1. The number of halogens is 1. The van der Waals surface area contributed by atoms with Crippen LogP contribution in [0.25, 0.3) is 0 Å². The number of benzene rings is 1. The molecule has 0 saturated heterocycles. The van der Waals surface area contributed by atoms with E-state index in [1.54, 1.807) is 0 Å². The van der Waals surface area contributed by atoms with Gasteiger partial charge in [0.05, 0.1) is 15.3 Å². The monoisotopic (exact) mass is 350 g/mol. The first kappa shape index (κ1) is 13.8. The molecular formula is C16H15BrO2S. The lowest BCUT2D eigenvalue weighted by molar-refractivity contribution is 0.0970. The Balaban J connectivity index is 1.80. The number of fused-ring (bicyclic) bond motifs is 1. The predicted octanol–water partition coefficient (Wildman–Crippen LogP) is 4.96. The van der Waals surface area contributed by atoms with E-state index in [0.29, 0.717) is 13.0 Å². The van der Waals surface area contributed by atoms with Gasteiger partial charge in [-0.2, -0.15) is 0 Å². The fraction of sp³-hybridized carbons (Fsp3) is 0.312. The Kier molecular flexibility index (Phi) is 3.94. The highest BCUT2D eigenvalue weighted by atomic mass is 79.9. The van der Waals surface area contributed by atoms with Gasteiger partial charge in [0.15, 0.2) is 5.78 Å². The van der Waals surface area contributed by atoms with Crippen LogP contribution >= 0.6 is 27.3 Å². The number of carbonyl (C=O) groups excluding carboxylic acids is 1. The maximum atomic E-state index is 12.4. The van der Waals surface area contributed by atoms with Crippen molar-refractivity contribution in [3.8, 4) is 5.75 Å². The van der Waals surface area contributed by atoms with Gasteiger partial charge >= 0.3 is 0 Å². The molecule has 2 aromatic rings. The second-order valence-electron chi connectivity index (χ2n) is 5.07. The highest BCUT2D eigenvalue weighted by Crippen LogP contribution is 2.37. The molecule has 0 saturated carbocycles. The van der Waals surface area contributed by atoms with Crippen molar-refractivity contribution in [2.24, 2.45) is 0 Å². The first-order valence-corrected chi connectivity index (χ1v) is 8.27. The second kappa shape index (κ2) is 5.70. The Labute approximate surface area is 130 Å². The van der Waals surface area contributed by atoms with Crippen molar-refractivity contribution >= 4 is 33.0 Å². The molecule has 1 aliphatic rings. The molecular weight excluding hydrogens is 336 g/mol. The second-order valence-corrected chi connectivity index (χ2v) is 7.44. The molecule has 2 nitrogen and oxygen atoms in total. The molecule has 1 aromatic carbocycles. The van der Waals surface area contributed by atoms with E-state index in [9.17, 15) is 4.79 Å². The summed E-state index contributed by atoms with van der Waals surface area (Å²) in [6.45, 7) is 2.71. The van der Waals surface area contributed by atoms with E-state index >= 15 is 0 Å². The first-order valence-electron chi connectivity index (χ1n) is 6.66. The molecule has 0 N–H and O–H groups in total. The normalized spacial score (nSPS) is 17.4. The van der Waals surface area contributed by atoms with Crippen molar-refractivity contribution in [2.45, 2.75) is 25.7 Å². The van der Waals surface area contributed by atoms with Crippen LogP contribution in [0.4, 0.5) is 0 Å². The van der Waals surface area contributed by atoms with Crippen molar-refractivity contribution in [2.75, 3.05) is 6.61 Å². The fourth-order valence-electron chi connectivity index (χ4n) is 2.55. The predicted molar refractivity (Wildman–Crippen MR) is 85.0 cm³/mol. The Morgan fingerprint density at radius 2 is 2.25 bits per heavy atom. The number of rotatable bonds is 3. The smallest absolute Gasteiger partial charge is 0.173 e. The molecule has 0 aliphatic carbocycles. The van der Waals surface area contributed by atoms with E-state index in [2.05, 4.69) is 22.0 Å². The average Bonchev–Trinajstić information content (AvgIpc) is 2.79. The van der Waals surface area contributed by atoms with E-state index in [4.69, 9.17) is 4.74 Å². The first-order chi connectivity index (χ1) is 9.65. The Morgan fingerprint density at radius 1 is 1.45 bits per heavy atom. The van der Waals surface area contributed by atoms with Gasteiger partial charge in [-0.25, -0.2) is 0 Å². The summed E-state index contributed by atoms with van der Waals surface area (Å²) < 4.78 is 6.70. The van der Waals surface area contributed by atoms with Crippen LogP contribution in [-0.4, -0.2) is 12.4 Å². The van der Waals surface area contributed by atoms with E-state index < -0.39 is 0 Å². The molecule has 1 atom stereocenters. The summed E-state index contributed by atoms with van der Waals surface area (Å²) in [5.74, 6) is 1.43. The van der Waals surface area contributed by atoms with Crippen molar-refractivity contribution < 1.29 is 9.53 Å². The summed E-state index contributed by atoms with van der Waals surface area (Å²) in [6.07, 6.45) is 1.47. The van der Waals surface area contributed by atoms with Crippen molar-refractivity contribution in [3.63, 3.8) is 0 Å². The van der Waals surface area contributed by atoms with Gasteiger partial charge in [-0.05, 0) is 58.5 Å². The number of hydrogen-bond donors (Lipinski definition) is 0. The van der Waals surface area contributed by atoms with Crippen LogP contribution in [0.1, 0.15) is 39.6 Å². The largest absolute Gasteiger partial charge is 0.493 e. The molecule has 0 radical (unpaired) electrons. The number of ketones is 1. The fourth-order valence-corrected chi connectivity index (χ4v) is 4.03. The van der Waals surface area contributed by atoms with E-state index in [1.807, 2.05) is 31.2 Å². The van der Waals surface area contributed by atoms with Crippen molar-refractivity contribution in [1.29, 1.82) is 0 Å². The van der Waals surface area contributed by atoms with Crippen LogP contribution in [0.5, 0.6) is 5.75 Å². The van der Waals surface area contributed by atoms with Crippen LogP contribution in [0.15, 0.2) is 34.1 Å². The van der Waals surface area contributed by atoms with Crippen LogP contribution < -0.4 is 4.74 Å². The molecule has 0 spiro atoms. The summed E-state index contributed by atoms with van der Waals surface area (Å²) >= 11 is 5.01. The number of ether oxygens (including phenoxy) is 1. The Morgan fingerprint density at radius 3 is 3.00 bits per heavy atom. The molecule has 20 heavy (non-hydrogen) atoms. The minimum Gasteiger partial charge on any atom is -0.493 e. The maximum absolute atomic E-state index is 12.4. The van der Waals surface area contributed by atoms with E-state index in [-0.39, 0.29) is 11.7 Å². The minimum atomic E-state index is 0.227. The average molecular weight is 351 g/mol. The summed E-state index contributed by atoms with van der Waals surface area (Å²) in [5.41, 5.74) is 2.30. The molecule has 0 bridgehead atoms. The summed E-state index contributed by atoms with van der Waals surface area (Å²) in [6, 6.07) is 10.0. The highest BCUT2D eigenvalue weighted by Gasteiger charge is 2.24. The molecule has 0 fully saturated rings. The molecule has 1 unspecified atom stereocenters. The standard InChI is InChI=1S/C16H15BrO2S/c1-10-8-15(20-16(10)17)13(18)9-11-6-7-19-14-5-3-2-4-12(11)14/h2-5,8,11H,6-7,9H2,1H3. The van der Waals surface area contributed by atoms with Gasteiger partial charge in [-0.15, -0.1) is 11.3 Å². The van der Waals surface area contributed by atoms with Crippen LogP contribution in [0.2, 0.25) is 0 Å². The molecule has 0 amide bonds. The molecule has 1 aromatic heterocycles. The van der Waals surface area contributed by atoms with Gasteiger partial charge in [0.1, 0.15) is 5.75 Å². The lowest BCUT2D eigenvalue weighted by Gasteiger charge is -2.25. The SMILES string of the molecule is Cc1cc(C(=O)CC2CCOc3ccccc32)sc1Br. The number of aryl methyl sites for hydroxylation is 1. The van der Waals surface area contributed by atoms with Crippen LogP contribution in [0.3, 0.4) is 0 Å². The van der Waals surface area contributed by atoms with Crippen molar-refractivity contribution in [3.05, 3.63) is 50.1 Å². The summed E-state index contributed by atoms with van der Waals surface area (Å²) in [7, 11) is 0. The molecule has 1 aliphatic heterocycles. The van der Waals surface area contributed by atoms with Crippen LogP contribution in [0, 0.1) is 6.92 Å². The van der Waals surface area contributed by atoms with Gasteiger partial charge in [0, 0.05) is 6.42 Å². The topological polar surface area (TPSA) is 26.3 Å². The molecule has 2 heterocycles. The number of thiophene rings is 1. The number of carbonyl (C=O) groups is 1. The molecule has 4 heteroatoms. The summed E-state index contributed by atoms with van der Waals surface area (Å²) in [4.78, 5) is 13.3.